The third-order valence-electron chi connectivity index (χ3n) is 4.46. The predicted molar refractivity (Wildman–Crippen MR) is 113 cm³/mol. The van der Waals surface area contributed by atoms with Crippen LogP contribution in [0.2, 0.25) is 0 Å². The number of fused-ring (bicyclic) bond motifs is 1. The lowest BCUT2D eigenvalue weighted by atomic mass is 10.1. The molecular weight excluding hydrogens is 378 g/mol. The van der Waals surface area contributed by atoms with Gasteiger partial charge in [0.15, 0.2) is 5.82 Å². The first kappa shape index (κ1) is 20.2. The monoisotopic (exact) mass is 401 g/mol. The molecule has 0 aromatic carbocycles. The molecule has 4 heterocycles. The van der Waals surface area contributed by atoms with Crippen molar-refractivity contribution >= 4 is 35.1 Å². The third-order valence-corrected chi connectivity index (χ3v) is 4.46. The number of aromatic nitrogens is 4. The molecule has 0 bridgehead atoms. The van der Waals surface area contributed by atoms with E-state index < -0.39 is 0 Å². The van der Waals surface area contributed by atoms with Crippen LogP contribution in [0.4, 0.5) is 11.6 Å². The zero-order valence-electron chi connectivity index (χ0n) is 15.9. The highest BCUT2D eigenvalue weighted by atomic mass is 35.5. The van der Waals surface area contributed by atoms with E-state index in [2.05, 4.69) is 25.6 Å². The van der Waals surface area contributed by atoms with E-state index >= 15 is 0 Å². The van der Waals surface area contributed by atoms with Gasteiger partial charge in [-0.25, -0.2) is 15.0 Å². The van der Waals surface area contributed by atoms with Crippen LogP contribution in [0.1, 0.15) is 0 Å². The molecule has 1 aliphatic heterocycles. The Hall–Kier alpha value is -2.55. The normalized spacial score (nSPS) is 16.4. The van der Waals surface area contributed by atoms with E-state index in [0.29, 0.717) is 12.4 Å². The summed E-state index contributed by atoms with van der Waals surface area (Å²) in [7, 11) is 3.94. The van der Waals surface area contributed by atoms with Crippen molar-refractivity contribution in [2.45, 2.75) is 6.10 Å². The fraction of sp³-hybridized carbons (Fsp3) is 0.368. The molecule has 0 saturated carbocycles. The topological polar surface area (TPSA) is 88.1 Å². The molecule has 4 rings (SSSR count). The largest absolute Gasteiger partial charge is 0.374 e. The van der Waals surface area contributed by atoms with Crippen LogP contribution in [0.25, 0.3) is 22.3 Å². The minimum absolute atomic E-state index is 0. The Balaban J connectivity index is 0.00000225. The number of ether oxygens (including phenoxy) is 1. The Kier molecular flexibility index (Phi) is 6.56. The molecule has 0 aliphatic carbocycles. The van der Waals surface area contributed by atoms with Gasteiger partial charge in [0.2, 0.25) is 0 Å². The van der Waals surface area contributed by atoms with E-state index in [1.54, 1.807) is 12.4 Å². The molecule has 1 atom stereocenters. The quantitative estimate of drug-likeness (QED) is 0.671. The number of rotatable bonds is 5. The predicted octanol–water partition coefficient (Wildman–Crippen LogP) is 1.97. The number of nitrogens with zero attached hydrogens (tertiary/aromatic N) is 5. The van der Waals surface area contributed by atoms with Crippen LogP contribution < -0.4 is 15.5 Å². The van der Waals surface area contributed by atoms with Gasteiger partial charge < -0.3 is 20.3 Å². The average molecular weight is 402 g/mol. The highest BCUT2D eigenvalue weighted by molar-refractivity contribution is 5.88. The Labute approximate surface area is 170 Å². The van der Waals surface area contributed by atoms with Crippen molar-refractivity contribution in [2.75, 3.05) is 50.6 Å². The number of hydrogen-bond donors (Lipinski definition) is 2. The molecule has 1 aliphatic rings. The van der Waals surface area contributed by atoms with Crippen LogP contribution in [-0.2, 0) is 4.74 Å². The summed E-state index contributed by atoms with van der Waals surface area (Å²) in [5.74, 6) is 1.61. The first-order valence-electron chi connectivity index (χ1n) is 9.02. The van der Waals surface area contributed by atoms with E-state index in [-0.39, 0.29) is 18.5 Å². The van der Waals surface area contributed by atoms with E-state index in [1.165, 1.54) is 0 Å². The molecule has 2 N–H and O–H groups in total. The van der Waals surface area contributed by atoms with E-state index in [9.17, 15) is 0 Å². The molecule has 3 aromatic rings. The Morgan fingerprint density at radius 1 is 1.21 bits per heavy atom. The minimum Gasteiger partial charge on any atom is -0.374 e. The van der Waals surface area contributed by atoms with Gasteiger partial charge in [0.05, 0.1) is 23.9 Å². The molecule has 8 nitrogen and oxygen atoms in total. The lowest BCUT2D eigenvalue weighted by Crippen LogP contribution is -2.42. The Morgan fingerprint density at radius 2 is 2.07 bits per heavy atom. The van der Waals surface area contributed by atoms with Crippen LogP contribution in [0.5, 0.6) is 0 Å². The van der Waals surface area contributed by atoms with Crippen LogP contribution in [0.3, 0.4) is 0 Å². The molecule has 3 aromatic heterocycles. The number of nitrogens with one attached hydrogen (secondary N) is 2. The maximum Gasteiger partial charge on any atom is 0.154 e. The highest BCUT2D eigenvalue weighted by Crippen LogP contribution is 2.26. The fourth-order valence-electron chi connectivity index (χ4n) is 3.01. The SMILES string of the molecule is CN(C)c1ccc(-c2cc3nccnc3c(NCC3CNCCO3)n2)cn1.Cl. The lowest BCUT2D eigenvalue weighted by Gasteiger charge is -2.24. The molecule has 0 amide bonds. The number of morpholine rings is 1. The average Bonchev–Trinajstić information content (AvgIpc) is 2.72. The third kappa shape index (κ3) is 4.46. The van der Waals surface area contributed by atoms with E-state index in [4.69, 9.17) is 9.72 Å². The zero-order chi connectivity index (χ0) is 18.6. The molecule has 0 spiro atoms. The molecule has 0 radical (unpaired) electrons. The van der Waals surface area contributed by atoms with Gasteiger partial charge in [-0.2, -0.15) is 0 Å². The zero-order valence-corrected chi connectivity index (χ0v) is 16.7. The minimum atomic E-state index is 0. The smallest absolute Gasteiger partial charge is 0.154 e. The van der Waals surface area contributed by atoms with Gasteiger partial charge in [0, 0.05) is 57.9 Å². The van der Waals surface area contributed by atoms with Crippen molar-refractivity contribution in [2.24, 2.45) is 0 Å². The van der Waals surface area contributed by atoms with Gasteiger partial charge in [-0.15, -0.1) is 12.4 Å². The van der Waals surface area contributed by atoms with Crippen molar-refractivity contribution in [3.05, 3.63) is 36.8 Å². The number of halogens is 1. The first-order chi connectivity index (χ1) is 13.2. The van der Waals surface area contributed by atoms with E-state index in [1.807, 2.05) is 43.4 Å². The summed E-state index contributed by atoms with van der Waals surface area (Å²) in [6.07, 6.45) is 5.31. The van der Waals surface area contributed by atoms with Gasteiger partial charge in [-0.05, 0) is 18.2 Å². The molecule has 1 fully saturated rings. The summed E-state index contributed by atoms with van der Waals surface area (Å²) in [4.78, 5) is 20.1. The molecule has 9 heteroatoms. The maximum absolute atomic E-state index is 5.76. The summed E-state index contributed by atoms with van der Waals surface area (Å²) in [6, 6.07) is 5.94. The summed E-state index contributed by atoms with van der Waals surface area (Å²) in [6.45, 7) is 3.11. The standard InChI is InChI=1S/C19H23N7O.ClH/c1-26(2)17-4-3-13(10-23-17)15-9-16-18(22-6-5-21-16)19(25-15)24-12-14-11-20-7-8-27-14;/h3-6,9-10,14,20H,7-8,11-12H2,1-2H3,(H,24,25);1H. The highest BCUT2D eigenvalue weighted by Gasteiger charge is 2.15. The Morgan fingerprint density at radius 3 is 2.79 bits per heavy atom. The second-order valence-corrected chi connectivity index (χ2v) is 6.66. The molecule has 28 heavy (non-hydrogen) atoms. The molecule has 1 unspecified atom stereocenters. The Bertz CT molecular complexity index is 914. The molecule has 148 valence electrons. The summed E-state index contributed by atoms with van der Waals surface area (Å²) in [5.41, 5.74) is 3.30. The van der Waals surface area contributed by atoms with Crippen LogP contribution in [0.15, 0.2) is 36.8 Å². The van der Waals surface area contributed by atoms with Crippen LogP contribution in [-0.4, -0.2) is 66.4 Å². The van der Waals surface area contributed by atoms with Crippen molar-refractivity contribution in [3.8, 4) is 11.3 Å². The first-order valence-corrected chi connectivity index (χ1v) is 9.02. The molecular formula is C19H24ClN7O. The second kappa shape index (κ2) is 9.09. The second-order valence-electron chi connectivity index (χ2n) is 6.66. The fourth-order valence-corrected chi connectivity index (χ4v) is 3.01. The van der Waals surface area contributed by atoms with Crippen molar-refractivity contribution in [3.63, 3.8) is 0 Å². The van der Waals surface area contributed by atoms with Crippen LogP contribution >= 0.6 is 12.4 Å². The van der Waals surface area contributed by atoms with Crippen LogP contribution in [0, 0.1) is 0 Å². The van der Waals surface area contributed by atoms with Gasteiger partial charge >= 0.3 is 0 Å². The molecule has 1 saturated heterocycles. The van der Waals surface area contributed by atoms with Crippen molar-refractivity contribution in [1.82, 2.24) is 25.3 Å². The summed E-state index contributed by atoms with van der Waals surface area (Å²) in [5, 5.41) is 6.72. The summed E-state index contributed by atoms with van der Waals surface area (Å²) >= 11 is 0. The van der Waals surface area contributed by atoms with Crippen molar-refractivity contribution < 1.29 is 4.74 Å². The number of anilines is 2. The van der Waals surface area contributed by atoms with Gasteiger partial charge in [0.25, 0.3) is 0 Å². The number of hydrogen-bond acceptors (Lipinski definition) is 8. The van der Waals surface area contributed by atoms with Gasteiger partial charge in [0.1, 0.15) is 11.3 Å². The van der Waals surface area contributed by atoms with Gasteiger partial charge in [-0.3, -0.25) is 4.98 Å². The number of pyridine rings is 2. The maximum atomic E-state index is 5.76. The van der Waals surface area contributed by atoms with Gasteiger partial charge in [-0.1, -0.05) is 0 Å². The van der Waals surface area contributed by atoms with Crippen molar-refractivity contribution in [1.29, 1.82) is 0 Å². The lowest BCUT2D eigenvalue weighted by molar-refractivity contribution is 0.0372. The summed E-state index contributed by atoms with van der Waals surface area (Å²) < 4.78 is 5.76. The van der Waals surface area contributed by atoms with E-state index in [0.717, 1.165) is 47.8 Å².